The summed E-state index contributed by atoms with van der Waals surface area (Å²) in [5, 5.41) is 9.55. The Hall–Kier alpha value is -3.10. The molecule has 4 rings (SSSR count). The maximum Gasteiger partial charge on any atom is 0.177 e. The number of aromatic amines is 1. The van der Waals surface area contributed by atoms with Crippen LogP contribution in [0.3, 0.4) is 0 Å². The van der Waals surface area contributed by atoms with E-state index in [-0.39, 0.29) is 0 Å². The number of nitrogens with zero attached hydrogens (tertiary/aromatic N) is 3. The summed E-state index contributed by atoms with van der Waals surface area (Å²) in [6.07, 6.45) is 1.88. The van der Waals surface area contributed by atoms with E-state index in [2.05, 4.69) is 53.3 Å². The molecule has 2 heterocycles. The first-order valence-electron chi connectivity index (χ1n) is 8.93. The SMILES string of the molecule is COc1ccc(CN2NNN=C2c2c[nH]n(-c3cc(C)cc(C)c3)c2=S)cc1. The molecule has 0 atom stereocenters. The lowest BCUT2D eigenvalue weighted by molar-refractivity contribution is 0.288. The number of rotatable bonds is 5. The van der Waals surface area contributed by atoms with Crippen LogP contribution in [0.1, 0.15) is 22.3 Å². The van der Waals surface area contributed by atoms with E-state index >= 15 is 0 Å². The molecule has 0 aliphatic carbocycles. The Balaban J connectivity index is 1.61. The fourth-order valence-electron chi connectivity index (χ4n) is 3.29. The minimum absolute atomic E-state index is 0.624. The lowest BCUT2D eigenvalue weighted by Crippen LogP contribution is -2.40. The van der Waals surface area contributed by atoms with Gasteiger partial charge in [-0.25, -0.2) is 10.2 Å². The maximum atomic E-state index is 5.73. The molecule has 0 radical (unpaired) electrons. The van der Waals surface area contributed by atoms with Crippen molar-refractivity contribution in [2.75, 3.05) is 7.11 Å². The summed E-state index contributed by atoms with van der Waals surface area (Å²) in [6.45, 7) is 4.78. The number of H-pyrrole nitrogens is 1. The first-order chi connectivity index (χ1) is 13.5. The topological polar surface area (TPSA) is 69.6 Å². The monoisotopic (exact) mass is 394 g/mol. The highest BCUT2D eigenvalue weighted by Crippen LogP contribution is 2.19. The number of nitrogens with one attached hydrogen (secondary N) is 3. The van der Waals surface area contributed by atoms with E-state index in [0.29, 0.717) is 11.2 Å². The third-order valence-corrected chi connectivity index (χ3v) is 4.98. The minimum Gasteiger partial charge on any atom is -0.497 e. The summed E-state index contributed by atoms with van der Waals surface area (Å²) >= 11 is 5.73. The predicted molar refractivity (Wildman–Crippen MR) is 112 cm³/mol. The van der Waals surface area contributed by atoms with E-state index in [4.69, 9.17) is 17.0 Å². The minimum atomic E-state index is 0.624. The molecule has 3 N–H and O–H groups in total. The van der Waals surface area contributed by atoms with Crippen LogP contribution in [0.4, 0.5) is 0 Å². The number of aromatic nitrogens is 2. The van der Waals surface area contributed by atoms with E-state index in [1.54, 1.807) is 7.11 Å². The molecule has 0 saturated heterocycles. The van der Waals surface area contributed by atoms with Crippen LogP contribution < -0.4 is 15.8 Å². The largest absolute Gasteiger partial charge is 0.497 e. The normalized spacial score (nSPS) is 13.4. The van der Waals surface area contributed by atoms with Crippen molar-refractivity contribution in [1.82, 2.24) is 25.9 Å². The summed E-state index contributed by atoms with van der Waals surface area (Å²) in [5.74, 6) is 1.57. The number of methoxy groups -OCH3 is 1. The highest BCUT2D eigenvalue weighted by Gasteiger charge is 2.22. The van der Waals surface area contributed by atoms with Crippen LogP contribution in [0.5, 0.6) is 5.75 Å². The van der Waals surface area contributed by atoms with Crippen molar-refractivity contribution in [3.05, 3.63) is 75.6 Å². The first kappa shape index (κ1) is 18.3. The number of hydrogen-bond donors (Lipinski definition) is 3. The Kier molecular flexibility index (Phi) is 4.89. The van der Waals surface area contributed by atoms with E-state index in [1.807, 2.05) is 40.2 Å². The standard InChI is InChI=1S/C20H22N6OS/c1-13-8-14(2)10-16(9-13)26-20(28)18(11-21-26)19-22-23-24-25(19)12-15-4-6-17(27-3)7-5-15/h4-11,21,23-24H,12H2,1-3H3. The van der Waals surface area contributed by atoms with E-state index < -0.39 is 0 Å². The van der Waals surface area contributed by atoms with Gasteiger partial charge in [0.25, 0.3) is 0 Å². The van der Waals surface area contributed by atoms with Gasteiger partial charge in [0.15, 0.2) is 5.84 Å². The average Bonchev–Trinajstić information content (AvgIpc) is 3.27. The number of hydrazine groups is 2. The predicted octanol–water partition coefficient (Wildman–Crippen LogP) is 3.35. The summed E-state index contributed by atoms with van der Waals surface area (Å²) in [5.41, 5.74) is 11.2. The van der Waals surface area contributed by atoms with Crippen LogP contribution in [0.25, 0.3) is 5.69 Å². The molecule has 144 valence electrons. The fourth-order valence-corrected chi connectivity index (χ4v) is 3.60. The molecule has 0 spiro atoms. The third kappa shape index (κ3) is 3.51. The zero-order valence-electron chi connectivity index (χ0n) is 16.0. The van der Waals surface area contributed by atoms with Gasteiger partial charge in [0.2, 0.25) is 0 Å². The summed E-state index contributed by atoms with van der Waals surface area (Å²) in [6, 6.07) is 14.3. The number of hydrazone groups is 1. The lowest BCUT2D eigenvalue weighted by Gasteiger charge is -2.18. The molecule has 1 aromatic heterocycles. The van der Waals surface area contributed by atoms with E-state index in [9.17, 15) is 0 Å². The number of amidine groups is 1. The average molecular weight is 395 g/mol. The quantitative estimate of drug-likeness (QED) is 0.579. The zero-order chi connectivity index (χ0) is 19.7. The Morgan fingerprint density at radius 1 is 1.07 bits per heavy atom. The molecule has 8 heteroatoms. The lowest BCUT2D eigenvalue weighted by atomic mass is 10.1. The molecule has 0 bridgehead atoms. The summed E-state index contributed by atoms with van der Waals surface area (Å²) in [4.78, 5) is 0. The Morgan fingerprint density at radius 3 is 2.46 bits per heavy atom. The molecule has 28 heavy (non-hydrogen) atoms. The summed E-state index contributed by atoms with van der Waals surface area (Å²) < 4.78 is 7.80. The van der Waals surface area contributed by atoms with Gasteiger partial charge in [0.05, 0.1) is 24.9 Å². The second kappa shape index (κ2) is 7.49. The fraction of sp³-hybridized carbons (Fsp3) is 0.200. The highest BCUT2D eigenvalue weighted by molar-refractivity contribution is 7.71. The highest BCUT2D eigenvalue weighted by atomic mass is 32.1. The van der Waals surface area contributed by atoms with Crippen LogP contribution >= 0.6 is 12.2 Å². The van der Waals surface area contributed by atoms with Crippen LogP contribution in [-0.4, -0.2) is 27.7 Å². The second-order valence-corrected chi connectivity index (χ2v) is 7.15. The third-order valence-electron chi connectivity index (χ3n) is 4.58. The second-order valence-electron chi connectivity index (χ2n) is 6.77. The van der Waals surface area contributed by atoms with Crippen LogP contribution in [0.2, 0.25) is 0 Å². The van der Waals surface area contributed by atoms with Gasteiger partial charge in [-0.2, -0.15) is 0 Å². The van der Waals surface area contributed by atoms with Crippen LogP contribution in [0, 0.1) is 18.5 Å². The first-order valence-corrected chi connectivity index (χ1v) is 9.34. The molecular formula is C20H22N6OS. The van der Waals surface area contributed by atoms with Gasteiger partial charge < -0.3 is 4.74 Å². The van der Waals surface area contributed by atoms with E-state index in [1.165, 1.54) is 11.1 Å². The van der Waals surface area contributed by atoms with Gasteiger partial charge in [-0.3, -0.25) is 10.1 Å². The van der Waals surface area contributed by atoms with E-state index in [0.717, 1.165) is 28.4 Å². The molecule has 2 aromatic carbocycles. The van der Waals surface area contributed by atoms with Crippen molar-refractivity contribution in [3.8, 4) is 11.4 Å². The molecule has 1 aliphatic rings. The van der Waals surface area contributed by atoms with Crippen molar-refractivity contribution in [3.63, 3.8) is 0 Å². The number of benzene rings is 2. The Morgan fingerprint density at radius 2 is 1.79 bits per heavy atom. The number of ether oxygens (including phenoxy) is 1. The Labute approximate surface area is 168 Å². The van der Waals surface area contributed by atoms with Crippen molar-refractivity contribution in [2.24, 2.45) is 5.10 Å². The van der Waals surface area contributed by atoms with Crippen molar-refractivity contribution >= 4 is 18.1 Å². The summed E-state index contributed by atoms with van der Waals surface area (Å²) in [7, 11) is 1.66. The Bertz CT molecular complexity index is 1060. The molecule has 0 fully saturated rings. The molecule has 0 saturated carbocycles. The smallest absolute Gasteiger partial charge is 0.177 e. The molecule has 3 aromatic rings. The van der Waals surface area contributed by atoms with Crippen molar-refractivity contribution in [1.29, 1.82) is 0 Å². The van der Waals surface area contributed by atoms with Gasteiger partial charge in [-0.15, -0.1) is 10.6 Å². The maximum absolute atomic E-state index is 5.73. The zero-order valence-corrected chi connectivity index (χ0v) is 16.8. The van der Waals surface area contributed by atoms with Gasteiger partial charge in [-0.05, 0) is 54.8 Å². The molecule has 1 aliphatic heterocycles. The van der Waals surface area contributed by atoms with Gasteiger partial charge >= 0.3 is 0 Å². The van der Waals surface area contributed by atoms with Crippen molar-refractivity contribution < 1.29 is 4.74 Å². The molecular weight excluding hydrogens is 372 g/mol. The van der Waals surface area contributed by atoms with Crippen molar-refractivity contribution in [2.45, 2.75) is 20.4 Å². The molecule has 0 unspecified atom stereocenters. The van der Waals surface area contributed by atoms with Gasteiger partial charge in [0, 0.05) is 6.20 Å². The molecule has 7 nitrogen and oxygen atoms in total. The van der Waals surface area contributed by atoms with Gasteiger partial charge in [0.1, 0.15) is 10.4 Å². The number of aryl methyl sites for hydroxylation is 2. The molecule has 0 amide bonds. The van der Waals surface area contributed by atoms with Crippen LogP contribution in [0.15, 0.2) is 53.8 Å². The van der Waals surface area contributed by atoms with Crippen LogP contribution in [-0.2, 0) is 6.54 Å². The van der Waals surface area contributed by atoms with Gasteiger partial charge in [-0.1, -0.05) is 30.4 Å². The number of hydrogen-bond acceptors (Lipinski definition) is 6.